The Labute approximate surface area is 188 Å². The molecule has 32 heavy (non-hydrogen) atoms. The Hall–Kier alpha value is -4.16. The highest BCUT2D eigenvalue weighted by Crippen LogP contribution is 2.33. The number of aryl methyl sites for hydroxylation is 1. The quantitative estimate of drug-likeness (QED) is 0.478. The Kier molecular flexibility index (Phi) is 5.62. The number of nitrogens with zero attached hydrogens (tertiary/aromatic N) is 5. The molecule has 160 valence electrons. The van der Waals surface area contributed by atoms with Crippen molar-refractivity contribution < 1.29 is 14.3 Å². The number of carbonyl (C=O) groups excluding carboxylic acids is 1. The second-order valence-electron chi connectivity index (χ2n) is 7.02. The van der Waals surface area contributed by atoms with Crippen LogP contribution in [0.25, 0.3) is 11.2 Å². The largest absolute Gasteiger partial charge is 0.437 e. The third-order valence-electron chi connectivity index (χ3n) is 4.38. The molecule has 0 atom stereocenters. The number of fused-ring (bicyclic) bond motifs is 1. The lowest BCUT2D eigenvalue weighted by Gasteiger charge is -2.12. The molecule has 0 radical (unpaired) electrons. The summed E-state index contributed by atoms with van der Waals surface area (Å²) < 4.78 is 11.7. The molecule has 2 aromatic heterocycles. The van der Waals surface area contributed by atoms with Gasteiger partial charge >= 0.3 is 6.01 Å². The summed E-state index contributed by atoms with van der Waals surface area (Å²) in [4.78, 5) is 29.8. The van der Waals surface area contributed by atoms with Crippen LogP contribution in [0.2, 0.25) is 5.02 Å². The van der Waals surface area contributed by atoms with Gasteiger partial charge in [0.05, 0.1) is 16.7 Å². The van der Waals surface area contributed by atoms with Crippen molar-refractivity contribution in [1.82, 2.24) is 24.8 Å². The van der Waals surface area contributed by atoms with Crippen molar-refractivity contribution in [3.05, 3.63) is 64.4 Å². The Morgan fingerprint density at radius 2 is 1.94 bits per heavy atom. The maximum Gasteiger partial charge on any atom is 0.327 e. The number of carbonyl (C=O) groups is 1. The average molecular weight is 449 g/mol. The number of ether oxygens (including phenoxy) is 2. The van der Waals surface area contributed by atoms with E-state index in [4.69, 9.17) is 26.3 Å². The number of hydrogen-bond acceptors (Lipinski definition) is 7. The van der Waals surface area contributed by atoms with Crippen LogP contribution in [0.3, 0.4) is 0 Å². The van der Waals surface area contributed by atoms with E-state index in [1.807, 2.05) is 6.07 Å². The molecule has 10 heteroatoms. The number of rotatable bonds is 5. The van der Waals surface area contributed by atoms with Gasteiger partial charge in [0.25, 0.3) is 11.8 Å². The third-order valence-corrected chi connectivity index (χ3v) is 4.69. The molecule has 2 heterocycles. The number of aromatic nitrogens is 4. The highest BCUT2D eigenvalue weighted by Gasteiger charge is 2.17. The molecule has 0 aliphatic carbocycles. The summed E-state index contributed by atoms with van der Waals surface area (Å²) in [6.45, 7) is 1.77. The van der Waals surface area contributed by atoms with E-state index in [2.05, 4.69) is 19.9 Å². The molecular weight excluding hydrogens is 432 g/mol. The van der Waals surface area contributed by atoms with Gasteiger partial charge in [0.1, 0.15) is 17.1 Å². The Morgan fingerprint density at radius 3 is 2.69 bits per heavy atom. The van der Waals surface area contributed by atoms with E-state index in [-0.39, 0.29) is 23.5 Å². The average Bonchev–Trinajstić information content (AvgIpc) is 3.15. The minimum absolute atomic E-state index is 0.0588. The molecule has 0 aliphatic heterocycles. The van der Waals surface area contributed by atoms with E-state index in [9.17, 15) is 4.79 Å². The second kappa shape index (κ2) is 8.53. The fraction of sp³-hybridized carbons (Fsp3) is 0.136. The number of amides is 1. The van der Waals surface area contributed by atoms with Gasteiger partial charge in [-0.05, 0) is 37.3 Å². The van der Waals surface area contributed by atoms with Gasteiger partial charge in [0.2, 0.25) is 0 Å². The van der Waals surface area contributed by atoms with Crippen molar-refractivity contribution in [3.63, 3.8) is 0 Å². The molecule has 1 amide bonds. The zero-order valence-electron chi connectivity index (χ0n) is 17.4. The molecular formula is C22H17ClN6O3. The smallest absolute Gasteiger partial charge is 0.327 e. The lowest BCUT2D eigenvalue weighted by Crippen LogP contribution is -2.21. The summed E-state index contributed by atoms with van der Waals surface area (Å²) in [7, 11) is 3.35. The maximum atomic E-state index is 12.3. The first-order valence-electron chi connectivity index (χ1n) is 9.45. The maximum absolute atomic E-state index is 12.3. The number of benzene rings is 2. The van der Waals surface area contributed by atoms with Crippen molar-refractivity contribution in [3.8, 4) is 29.5 Å². The second-order valence-corrected chi connectivity index (χ2v) is 7.43. The highest BCUT2D eigenvalue weighted by molar-refractivity contribution is 6.32. The molecule has 0 aliphatic rings. The van der Waals surface area contributed by atoms with Crippen LogP contribution in [0, 0.1) is 18.3 Å². The van der Waals surface area contributed by atoms with Gasteiger partial charge in [-0.3, -0.25) is 4.79 Å². The molecule has 0 spiro atoms. The van der Waals surface area contributed by atoms with Gasteiger partial charge in [-0.15, -0.1) is 0 Å². The number of nitriles is 1. The fourth-order valence-electron chi connectivity index (χ4n) is 2.90. The normalized spacial score (nSPS) is 10.6. The minimum Gasteiger partial charge on any atom is -0.437 e. The van der Waals surface area contributed by atoms with E-state index in [1.165, 1.54) is 11.0 Å². The summed E-state index contributed by atoms with van der Waals surface area (Å²) in [5, 5.41) is 9.42. The van der Waals surface area contributed by atoms with Crippen LogP contribution in [0.5, 0.6) is 23.4 Å². The first kappa shape index (κ1) is 21.1. The zero-order chi connectivity index (χ0) is 22.8. The van der Waals surface area contributed by atoms with Crippen LogP contribution in [-0.2, 0) is 0 Å². The van der Waals surface area contributed by atoms with E-state index in [0.29, 0.717) is 38.9 Å². The van der Waals surface area contributed by atoms with Gasteiger partial charge in [0, 0.05) is 25.7 Å². The topological polar surface area (TPSA) is 117 Å². The Bertz CT molecular complexity index is 1380. The molecule has 4 aromatic rings. The van der Waals surface area contributed by atoms with Crippen LogP contribution in [0.15, 0.2) is 42.5 Å². The highest BCUT2D eigenvalue weighted by atomic mass is 35.5. The van der Waals surface area contributed by atoms with E-state index >= 15 is 0 Å². The minimum atomic E-state index is -0.156. The van der Waals surface area contributed by atoms with Crippen molar-refractivity contribution >= 4 is 28.7 Å². The lowest BCUT2D eigenvalue weighted by molar-refractivity contribution is 0.0827. The van der Waals surface area contributed by atoms with Crippen molar-refractivity contribution in [2.24, 2.45) is 0 Å². The van der Waals surface area contributed by atoms with Crippen LogP contribution in [0.4, 0.5) is 0 Å². The van der Waals surface area contributed by atoms with Crippen LogP contribution >= 0.6 is 11.6 Å². The summed E-state index contributed by atoms with van der Waals surface area (Å²) in [6.07, 6.45) is 0. The van der Waals surface area contributed by atoms with Crippen molar-refractivity contribution in [1.29, 1.82) is 5.26 Å². The zero-order valence-corrected chi connectivity index (χ0v) is 18.1. The van der Waals surface area contributed by atoms with Gasteiger partial charge in [-0.1, -0.05) is 17.7 Å². The standard InChI is InChI=1S/C22H17ClN6O3/c1-12-25-18-19(26-12)27-22(32-17-9-13(11-24)7-8-16(17)23)28-20(18)31-15-6-4-5-14(10-15)21(30)29(2)3/h4-10H,1-3H3,(H,25,26,27,28). The Balaban J connectivity index is 1.73. The molecule has 0 saturated heterocycles. The van der Waals surface area contributed by atoms with Crippen LogP contribution in [0.1, 0.15) is 21.7 Å². The third kappa shape index (κ3) is 4.31. The van der Waals surface area contributed by atoms with Crippen molar-refractivity contribution in [2.45, 2.75) is 6.92 Å². The predicted molar refractivity (Wildman–Crippen MR) is 117 cm³/mol. The molecule has 0 unspecified atom stereocenters. The molecule has 0 saturated carbocycles. The van der Waals surface area contributed by atoms with E-state index in [0.717, 1.165) is 0 Å². The molecule has 9 nitrogen and oxygen atoms in total. The fourth-order valence-corrected chi connectivity index (χ4v) is 3.06. The van der Waals surface area contributed by atoms with Crippen LogP contribution in [-0.4, -0.2) is 44.8 Å². The summed E-state index contributed by atoms with van der Waals surface area (Å²) >= 11 is 6.19. The summed E-state index contributed by atoms with van der Waals surface area (Å²) in [5.41, 5.74) is 1.64. The number of imidazole rings is 1. The lowest BCUT2D eigenvalue weighted by atomic mass is 10.2. The molecule has 0 bridgehead atoms. The molecule has 4 rings (SSSR count). The number of hydrogen-bond donors (Lipinski definition) is 1. The first-order valence-corrected chi connectivity index (χ1v) is 9.83. The Morgan fingerprint density at radius 1 is 1.12 bits per heavy atom. The molecule has 1 N–H and O–H groups in total. The van der Waals surface area contributed by atoms with E-state index in [1.54, 1.807) is 57.4 Å². The van der Waals surface area contributed by atoms with Gasteiger partial charge < -0.3 is 19.4 Å². The monoisotopic (exact) mass is 448 g/mol. The van der Waals surface area contributed by atoms with E-state index < -0.39 is 0 Å². The summed E-state index contributed by atoms with van der Waals surface area (Å²) in [5.74, 6) is 1.24. The van der Waals surface area contributed by atoms with Gasteiger partial charge in [-0.2, -0.15) is 15.2 Å². The number of halogens is 1. The van der Waals surface area contributed by atoms with Gasteiger partial charge in [0.15, 0.2) is 11.4 Å². The van der Waals surface area contributed by atoms with Crippen molar-refractivity contribution in [2.75, 3.05) is 14.1 Å². The predicted octanol–water partition coefficient (Wildman–Crippen LogP) is 4.47. The molecule has 0 fully saturated rings. The number of nitrogens with one attached hydrogen (secondary N) is 1. The first-order chi connectivity index (χ1) is 15.3. The number of aromatic amines is 1. The molecule has 2 aromatic carbocycles. The van der Waals surface area contributed by atoms with Gasteiger partial charge in [-0.25, -0.2) is 4.98 Å². The number of H-pyrrole nitrogens is 1. The SMILES string of the molecule is Cc1nc2nc(Oc3cc(C#N)ccc3Cl)nc(Oc3cccc(C(=O)N(C)C)c3)c2[nH]1. The van der Waals surface area contributed by atoms with Crippen LogP contribution < -0.4 is 9.47 Å². The summed E-state index contributed by atoms with van der Waals surface area (Å²) in [6, 6.07) is 13.3.